The van der Waals surface area contributed by atoms with E-state index in [1.54, 1.807) is 13.8 Å². The first-order chi connectivity index (χ1) is 9.68. The zero-order valence-corrected chi connectivity index (χ0v) is 13.5. The predicted octanol–water partition coefficient (Wildman–Crippen LogP) is 0.220. The van der Waals surface area contributed by atoms with E-state index >= 15 is 0 Å². The molecule has 0 bridgehead atoms. The van der Waals surface area contributed by atoms with E-state index in [1.165, 1.54) is 0 Å². The minimum Gasteiger partial charge on any atom is -0.351 e. The Morgan fingerprint density at radius 3 is 2.38 bits per heavy atom. The van der Waals surface area contributed by atoms with Gasteiger partial charge in [0.25, 0.3) is 0 Å². The highest BCUT2D eigenvalue weighted by Gasteiger charge is 2.21. The van der Waals surface area contributed by atoms with E-state index in [1.807, 2.05) is 30.3 Å². The second-order valence-electron chi connectivity index (χ2n) is 5.62. The van der Waals surface area contributed by atoms with E-state index < -0.39 is 15.6 Å². The lowest BCUT2D eigenvalue weighted by Gasteiger charge is -2.25. The van der Waals surface area contributed by atoms with Crippen LogP contribution in [0, 0.1) is 0 Å². The van der Waals surface area contributed by atoms with Crippen LogP contribution in [0.15, 0.2) is 30.3 Å². The highest BCUT2D eigenvalue weighted by atomic mass is 32.2. The zero-order valence-electron chi connectivity index (χ0n) is 12.6. The average Bonchev–Trinajstić information content (AvgIpc) is 2.34. The molecule has 0 aliphatic heterocycles. The molecule has 0 spiro atoms. The Morgan fingerprint density at radius 2 is 1.81 bits per heavy atom. The van der Waals surface area contributed by atoms with E-state index in [4.69, 9.17) is 0 Å². The van der Waals surface area contributed by atoms with Gasteiger partial charge in [0.05, 0.1) is 12.8 Å². The van der Waals surface area contributed by atoms with Crippen molar-refractivity contribution in [1.29, 1.82) is 0 Å². The number of amides is 1. The number of hydrogen-bond donors (Lipinski definition) is 3. The van der Waals surface area contributed by atoms with Crippen molar-refractivity contribution in [1.82, 2.24) is 15.4 Å². The Labute approximate surface area is 126 Å². The summed E-state index contributed by atoms with van der Waals surface area (Å²) < 4.78 is 24.9. The minimum atomic E-state index is -3.27. The summed E-state index contributed by atoms with van der Waals surface area (Å²) in [5.41, 5.74) is 0.387. The normalized spacial score (nSPS) is 12.1. The monoisotopic (exact) mass is 313 g/mol. The van der Waals surface area contributed by atoms with Gasteiger partial charge in [-0.05, 0) is 19.4 Å². The summed E-state index contributed by atoms with van der Waals surface area (Å²) in [6.07, 6.45) is 1.11. The average molecular weight is 313 g/mol. The van der Waals surface area contributed by atoms with Crippen LogP contribution in [0.4, 0.5) is 0 Å². The van der Waals surface area contributed by atoms with Crippen molar-refractivity contribution in [3.8, 4) is 0 Å². The van der Waals surface area contributed by atoms with Crippen LogP contribution in [-0.4, -0.2) is 39.2 Å². The van der Waals surface area contributed by atoms with Gasteiger partial charge in [0, 0.05) is 18.6 Å². The lowest BCUT2D eigenvalue weighted by Crippen LogP contribution is -2.51. The Hall–Kier alpha value is -1.44. The summed E-state index contributed by atoms with van der Waals surface area (Å²) in [5.74, 6) is -0.131. The highest BCUT2D eigenvalue weighted by molar-refractivity contribution is 7.88. The lowest BCUT2D eigenvalue weighted by molar-refractivity contribution is -0.120. The van der Waals surface area contributed by atoms with Crippen molar-refractivity contribution in [2.45, 2.75) is 25.9 Å². The van der Waals surface area contributed by atoms with Gasteiger partial charge in [0.15, 0.2) is 0 Å². The van der Waals surface area contributed by atoms with Gasteiger partial charge < -0.3 is 10.6 Å². The fraction of sp³-hybridized carbons (Fsp3) is 0.500. The zero-order chi connectivity index (χ0) is 15.9. The van der Waals surface area contributed by atoms with Crippen LogP contribution in [0.2, 0.25) is 0 Å². The molecule has 0 aromatic heterocycles. The molecule has 118 valence electrons. The molecule has 0 saturated carbocycles. The third kappa shape index (κ3) is 8.44. The quantitative estimate of drug-likeness (QED) is 0.641. The smallest absolute Gasteiger partial charge is 0.234 e. The summed E-state index contributed by atoms with van der Waals surface area (Å²) in [5, 5.41) is 5.74. The molecule has 1 amide bonds. The van der Waals surface area contributed by atoms with E-state index in [9.17, 15) is 13.2 Å². The maximum Gasteiger partial charge on any atom is 0.234 e. The van der Waals surface area contributed by atoms with Gasteiger partial charge in [0.2, 0.25) is 15.9 Å². The molecule has 0 radical (unpaired) electrons. The van der Waals surface area contributed by atoms with Crippen LogP contribution in [0.25, 0.3) is 0 Å². The largest absolute Gasteiger partial charge is 0.351 e. The Kier molecular flexibility index (Phi) is 6.32. The van der Waals surface area contributed by atoms with E-state index in [0.29, 0.717) is 13.1 Å². The fourth-order valence-corrected chi connectivity index (χ4v) is 2.96. The molecule has 0 aliphatic rings. The Balaban J connectivity index is 2.27. The number of carbonyl (C=O) groups is 1. The number of sulfonamides is 1. The maximum absolute atomic E-state index is 11.7. The third-order valence-corrected chi connectivity index (χ3v) is 3.57. The predicted molar refractivity (Wildman–Crippen MR) is 83.2 cm³/mol. The van der Waals surface area contributed by atoms with Crippen LogP contribution >= 0.6 is 0 Å². The van der Waals surface area contributed by atoms with Gasteiger partial charge in [-0.25, -0.2) is 13.1 Å². The van der Waals surface area contributed by atoms with Crippen LogP contribution in [0.1, 0.15) is 19.4 Å². The first kappa shape index (κ1) is 17.6. The van der Waals surface area contributed by atoms with Crippen molar-refractivity contribution >= 4 is 15.9 Å². The van der Waals surface area contributed by atoms with E-state index in [0.717, 1.165) is 11.8 Å². The molecule has 0 unspecified atom stereocenters. The highest BCUT2D eigenvalue weighted by Crippen LogP contribution is 2.01. The maximum atomic E-state index is 11.7. The number of benzene rings is 1. The van der Waals surface area contributed by atoms with Crippen molar-refractivity contribution in [2.24, 2.45) is 0 Å². The summed E-state index contributed by atoms with van der Waals surface area (Å²) >= 11 is 0. The van der Waals surface area contributed by atoms with Gasteiger partial charge in [0.1, 0.15) is 0 Å². The lowest BCUT2D eigenvalue weighted by atomic mass is 10.1. The molecule has 1 rings (SSSR count). The molecule has 0 saturated heterocycles. The number of rotatable bonds is 8. The van der Waals surface area contributed by atoms with Crippen molar-refractivity contribution < 1.29 is 13.2 Å². The van der Waals surface area contributed by atoms with E-state index in [-0.39, 0.29) is 12.5 Å². The second-order valence-corrected chi connectivity index (χ2v) is 7.37. The van der Waals surface area contributed by atoms with Gasteiger partial charge in [-0.1, -0.05) is 30.3 Å². The molecule has 7 heteroatoms. The molecule has 0 aliphatic carbocycles. The minimum absolute atomic E-state index is 0.131. The number of hydrogen-bond acceptors (Lipinski definition) is 4. The molecule has 0 atom stereocenters. The first-order valence-electron chi connectivity index (χ1n) is 6.68. The molecule has 1 aromatic carbocycles. The molecule has 0 heterocycles. The van der Waals surface area contributed by atoms with Crippen molar-refractivity contribution in [2.75, 3.05) is 19.3 Å². The van der Waals surface area contributed by atoms with Crippen LogP contribution < -0.4 is 15.4 Å². The topological polar surface area (TPSA) is 87.3 Å². The first-order valence-corrected chi connectivity index (χ1v) is 8.57. The van der Waals surface area contributed by atoms with Crippen LogP contribution in [-0.2, 0) is 21.4 Å². The van der Waals surface area contributed by atoms with Crippen LogP contribution in [0.5, 0.6) is 0 Å². The van der Waals surface area contributed by atoms with Gasteiger partial charge in [-0.15, -0.1) is 0 Å². The second kappa shape index (κ2) is 7.53. The third-order valence-electron chi connectivity index (χ3n) is 2.65. The molecule has 3 N–H and O–H groups in total. The molecule has 0 fully saturated rings. The molecular weight excluding hydrogens is 290 g/mol. The van der Waals surface area contributed by atoms with Gasteiger partial charge >= 0.3 is 0 Å². The fourth-order valence-electron chi connectivity index (χ4n) is 1.89. The number of carbonyl (C=O) groups excluding carboxylic acids is 1. The standard InChI is InChI=1S/C14H23N3O3S/c1-14(2,17-21(3,19)20)11-15-10-13(18)16-9-12-7-5-4-6-8-12/h4-8,15,17H,9-11H2,1-3H3,(H,16,18). The summed E-state index contributed by atoms with van der Waals surface area (Å²) in [6.45, 7) is 4.48. The summed E-state index contributed by atoms with van der Waals surface area (Å²) in [7, 11) is -3.27. The summed E-state index contributed by atoms with van der Waals surface area (Å²) in [4.78, 5) is 11.7. The Morgan fingerprint density at radius 1 is 1.19 bits per heavy atom. The van der Waals surface area contributed by atoms with Gasteiger partial charge in [-0.3, -0.25) is 4.79 Å². The van der Waals surface area contributed by atoms with Crippen molar-refractivity contribution in [3.63, 3.8) is 0 Å². The number of nitrogens with one attached hydrogen (secondary N) is 3. The molecular formula is C14H23N3O3S. The SMILES string of the molecule is CC(C)(CNCC(=O)NCc1ccccc1)NS(C)(=O)=O. The Bertz CT molecular complexity index is 556. The molecule has 21 heavy (non-hydrogen) atoms. The van der Waals surface area contributed by atoms with E-state index in [2.05, 4.69) is 15.4 Å². The van der Waals surface area contributed by atoms with Gasteiger partial charge in [-0.2, -0.15) is 0 Å². The molecule has 6 nitrogen and oxygen atoms in total. The summed E-state index contributed by atoms with van der Waals surface area (Å²) in [6, 6.07) is 9.63. The van der Waals surface area contributed by atoms with Crippen LogP contribution in [0.3, 0.4) is 0 Å². The molecule has 1 aromatic rings. The van der Waals surface area contributed by atoms with Crippen molar-refractivity contribution in [3.05, 3.63) is 35.9 Å².